The van der Waals surface area contributed by atoms with Gasteiger partial charge in [0, 0.05) is 12.8 Å². The van der Waals surface area contributed by atoms with E-state index in [-0.39, 0.29) is 12.3 Å². The number of primary amides is 1. The summed E-state index contributed by atoms with van der Waals surface area (Å²) in [6.45, 7) is 4.89. The van der Waals surface area contributed by atoms with Crippen molar-refractivity contribution in [3.05, 3.63) is 35.9 Å². The highest BCUT2D eigenvalue weighted by Gasteiger charge is 2.44. The highest BCUT2D eigenvalue weighted by Crippen LogP contribution is 2.24. The molecule has 0 bridgehead atoms. The monoisotopic (exact) mass is 531 g/mol. The summed E-state index contributed by atoms with van der Waals surface area (Å²) in [4.78, 5) is 49.4. The molecule has 1 aromatic carbocycles. The zero-order valence-electron chi connectivity index (χ0n) is 21.3. The molecule has 208 valence electrons. The van der Waals surface area contributed by atoms with E-state index >= 15 is 0 Å². The number of rotatable bonds is 14. The van der Waals surface area contributed by atoms with Crippen LogP contribution in [0.25, 0.3) is 0 Å². The molecule has 0 saturated carbocycles. The van der Waals surface area contributed by atoms with Crippen LogP contribution in [0.5, 0.6) is 0 Å². The predicted molar refractivity (Wildman–Crippen MR) is 130 cm³/mol. The Labute approximate surface area is 213 Å². The number of amides is 4. The minimum Gasteiger partial charge on any atom is -0.382 e. The van der Waals surface area contributed by atoms with Crippen molar-refractivity contribution in [2.75, 3.05) is 7.05 Å². The topological polar surface area (TPSA) is 163 Å². The number of nitrogens with one attached hydrogen (secondary N) is 4. The molecule has 0 spiro atoms. The van der Waals surface area contributed by atoms with Gasteiger partial charge >= 0.3 is 6.18 Å². The minimum absolute atomic E-state index is 0.0902. The first-order valence-corrected chi connectivity index (χ1v) is 11.8. The molecule has 0 aromatic heterocycles. The Morgan fingerprint density at radius 1 is 0.946 bits per heavy atom. The van der Waals surface area contributed by atoms with Gasteiger partial charge in [-0.3, -0.25) is 19.2 Å². The first-order chi connectivity index (χ1) is 17.2. The zero-order valence-corrected chi connectivity index (χ0v) is 21.3. The summed E-state index contributed by atoms with van der Waals surface area (Å²) in [5, 5.41) is 19.6. The third kappa shape index (κ3) is 10.8. The zero-order chi connectivity index (χ0) is 28.3. The molecule has 0 aliphatic heterocycles. The lowest BCUT2D eigenvalue weighted by Crippen LogP contribution is -2.58. The average Bonchev–Trinajstić information content (AvgIpc) is 2.80. The summed E-state index contributed by atoms with van der Waals surface area (Å²) in [6, 6.07) is 3.92. The number of nitrogens with two attached hydrogens (primary N) is 1. The van der Waals surface area contributed by atoms with E-state index in [9.17, 15) is 37.5 Å². The molecular weight excluding hydrogens is 495 g/mol. The smallest absolute Gasteiger partial charge is 0.382 e. The van der Waals surface area contributed by atoms with Crippen LogP contribution in [-0.4, -0.2) is 72.2 Å². The molecular formula is C24H36F3N5O5. The molecule has 4 amide bonds. The quantitative estimate of drug-likeness (QED) is 0.200. The van der Waals surface area contributed by atoms with E-state index < -0.39 is 72.9 Å². The molecule has 0 heterocycles. The second-order valence-corrected chi connectivity index (χ2v) is 9.10. The number of hydrogen-bond donors (Lipinski definition) is 6. The maximum absolute atomic E-state index is 13.1. The van der Waals surface area contributed by atoms with E-state index in [0.29, 0.717) is 0 Å². The van der Waals surface area contributed by atoms with E-state index in [1.54, 1.807) is 37.4 Å². The second kappa shape index (κ2) is 14.5. The van der Waals surface area contributed by atoms with Crippen LogP contribution < -0.4 is 27.0 Å². The van der Waals surface area contributed by atoms with E-state index in [4.69, 9.17) is 5.73 Å². The molecule has 5 atom stereocenters. The number of hydrogen-bond acceptors (Lipinski definition) is 6. The summed E-state index contributed by atoms with van der Waals surface area (Å²) in [6.07, 6.45) is -8.98. The summed E-state index contributed by atoms with van der Waals surface area (Å²) in [7, 11) is 1.60. The number of aliphatic hydroxyl groups is 1. The fourth-order valence-corrected chi connectivity index (χ4v) is 3.61. The molecule has 0 radical (unpaired) electrons. The molecule has 0 aliphatic rings. The van der Waals surface area contributed by atoms with E-state index in [2.05, 4.69) is 16.0 Å². The van der Waals surface area contributed by atoms with Crippen molar-refractivity contribution < 1.29 is 37.5 Å². The van der Waals surface area contributed by atoms with Crippen LogP contribution in [0, 0.1) is 5.92 Å². The Kier molecular flexibility index (Phi) is 12.5. The number of carbonyl (C=O) groups excluding carboxylic acids is 4. The normalized spacial score (nSPS) is 15.7. The van der Waals surface area contributed by atoms with Crippen LogP contribution in [0.4, 0.5) is 13.2 Å². The van der Waals surface area contributed by atoms with Crippen molar-refractivity contribution in [2.24, 2.45) is 11.7 Å². The molecule has 10 nitrogen and oxygen atoms in total. The highest BCUT2D eigenvalue weighted by atomic mass is 19.4. The Morgan fingerprint density at radius 3 is 2.03 bits per heavy atom. The van der Waals surface area contributed by atoms with Crippen molar-refractivity contribution in [3.63, 3.8) is 0 Å². The molecule has 1 rings (SSSR count). The number of halogens is 3. The first-order valence-electron chi connectivity index (χ1n) is 11.8. The van der Waals surface area contributed by atoms with Crippen LogP contribution in [0.3, 0.4) is 0 Å². The van der Waals surface area contributed by atoms with Crippen LogP contribution >= 0.6 is 0 Å². The van der Waals surface area contributed by atoms with Crippen molar-refractivity contribution in [1.82, 2.24) is 21.3 Å². The fraction of sp³-hybridized carbons (Fsp3) is 0.583. The average molecular weight is 532 g/mol. The van der Waals surface area contributed by atoms with Gasteiger partial charge in [-0.25, -0.2) is 0 Å². The maximum atomic E-state index is 13.1. The Bertz CT molecular complexity index is 914. The molecule has 1 aromatic rings. The van der Waals surface area contributed by atoms with E-state index in [1.165, 1.54) is 6.92 Å². The molecule has 0 aliphatic carbocycles. The predicted octanol–water partition coefficient (Wildman–Crippen LogP) is 0.136. The van der Waals surface area contributed by atoms with Crippen LogP contribution in [0.1, 0.15) is 39.2 Å². The van der Waals surface area contributed by atoms with Gasteiger partial charge in [-0.1, -0.05) is 44.2 Å². The number of aliphatic hydroxyl groups excluding tert-OH is 1. The van der Waals surface area contributed by atoms with Gasteiger partial charge in [0.1, 0.15) is 12.1 Å². The lowest BCUT2D eigenvalue weighted by molar-refractivity contribution is -0.212. The summed E-state index contributed by atoms with van der Waals surface area (Å²) < 4.78 is 39.1. The van der Waals surface area contributed by atoms with Crippen molar-refractivity contribution in [1.29, 1.82) is 0 Å². The number of carbonyl (C=O) groups is 4. The molecule has 13 heteroatoms. The van der Waals surface area contributed by atoms with Crippen molar-refractivity contribution in [3.8, 4) is 0 Å². The Balaban J connectivity index is 3.01. The Hall–Kier alpha value is -3.19. The molecule has 37 heavy (non-hydrogen) atoms. The van der Waals surface area contributed by atoms with Crippen molar-refractivity contribution >= 4 is 23.6 Å². The van der Waals surface area contributed by atoms with Gasteiger partial charge in [0.25, 0.3) is 0 Å². The van der Waals surface area contributed by atoms with Gasteiger partial charge in [-0.05, 0) is 31.9 Å². The van der Waals surface area contributed by atoms with Gasteiger partial charge in [0.15, 0.2) is 6.10 Å². The lowest BCUT2D eigenvalue weighted by Gasteiger charge is -2.28. The minimum atomic E-state index is -5.06. The highest BCUT2D eigenvalue weighted by molar-refractivity contribution is 5.93. The maximum Gasteiger partial charge on any atom is 0.416 e. The molecule has 0 saturated heterocycles. The SMILES string of the molecule is CNC(C(=O)NC(Cc1ccccc1)C(=O)NC(C)C(=O)NC(CCC(N)=O)C(O)C(F)(F)F)C(C)C. The molecule has 5 unspecified atom stereocenters. The number of benzene rings is 1. The lowest BCUT2D eigenvalue weighted by atomic mass is 10.0. The van der Waals surface area contributed by atoms with E-state index in [0.717, 1.165) is 5.56 Å². The van der Waals surface area contributed by atoms with Gasteiger partial charge < -0.3 is 32.1 Å². The molecule has 0 fully saturated rings. The van der Waals surface area contributed by atoms with Crippen LogP contribution in [0.2, 0.25) is 0 Å². The standard InChI is InChI=1S/C24H36F3N5O5/c1-13(2)19(29-4)23(37)32-17(12-15-8-6-5-7-9-15)22(36)30-14(3)21(35)31-16(10-11-18(28)33)20(34)24(25,26)27/h5-9,13-14,16-17,19-20,29,34H,10-12H2,1-4H3,(H2,28,33)(H,30,36)(H,31,35)(H,32,37). The van der Waals surface area contributed by atoms with Gasteiger partial charge in [-0.2, -0.15) is 13.2 Å². The largest absolute Gasteiger partial charge is 0.416 e. The summed E-state index contributed by atoms with van der Waals surface area (Å²) in [5.41, 5.74) is 5.71. The van der Waals surface area contributed by atoms with Gasteiger partial charge in [-0.15, -0.1) is 0 Å². The number of alkyl halides is 3. The molecule has 7 N–H and O–H groups in total. The van der Waals surface area contributed by atoms with Gasteiger partial charge in [0.2, 0.25) is 23.6 Å². The van der Waals surface area contributed by atoms with Gasteiger partial charge in [0.05, 0.1) is 12.1 Å². The van der Waals surface area contributed by atoms with Crippen molar-refractivity contribution in [2.45, 2.75) is 76.5 Å². The fourth-order valence-electron chi connectivity index (χ4n) is 3.61. The number of likely N-dealkylation sites (N-methyl/N-ethyl adjacent to an activating group) is 1. The van der Waals surface area contributed by atoms with Crippen LogP contribution in [0.15, 0.2) is 30.3 Å². The Morgan fingerprint density at radius 2 is 1.54 bits per heavy atom. The third-order valence-corrected chi connectivity index (χ3v) is 5.67. The summed E-state index contributed by atoms with van der Waals surface area (Å²) in [5.74, 6) is -3.19. The first kappa shape index (κ1) is 31.8. The van der Waals surface area contributed by atoms with Crippen LogP contribution in [-0.2, 0) is 25.6 Å². The second-order valence-electron chi connectivity index (χ2n) is 9.10. The third-order valence-electron chi connectivity index (χ3n) is 5.67. The van der Waals surface area contributed by atoms with E-state index in [1.807, 2.05) is 19.2 Å². The summed E-state index contributed by atoms with van der Waals surface area (Å²) >= 11 is 0.